The Kier molecular flexibility index (Phi) is 5.51. The quantitative estimate of drug-likeness (QED) is 0.183. The van der Waals surface area contributed by atoms with E-state index in [2.05, 4.69) is 155 Å². The predicted molar refractivity (Wildman–Crippen MR) is 221 cm³/mol. The largest absolute Gasteiger partial charge is 0.455 e. The van der Waals surface area contributed by atoms with Gasteiger partial charge >= 0.3 is 0 Å². The standard InChI is InChI=1S/C48H26N6O/c1-2-17-34-33(16-1)43-42-44(34)50-48(52-46(42)51-47(49-43)53-37-20-7-3-12-29(37)30-13-4-8-21-38(30)53)54-39-22-9-5-14-31(39)36-26-27(24-25-40(36)54)28-18-11-19-35-32-15-6-10-23-41(32)55-45(28)35/h1-26H. The van der Waals surface area contributed by atoms with Gasteiger partial charge in [0.05, 0.1) is 38.8 Å². The molecular weight excluding hydrogens is 677 g/mol. The fourth-order valence-electron chi connectivity index (χ4n) is 8.97. The molecule has 0 saturated carbocycles. The molecule has 12 aromatic rings. The van der Waals surface area contributed by atoms with E-state index in [-0.39, 0.29) is 0 Å². The van der Waals surface area contributed by atoms with Crippen molar-refractivity contribution in [1.82, 2.24) is 29.1 Å². The summed E-state index contributed by atoms with van der Waals surface area (Å²) in [6.45, 7) is 0. The Bertz CT molecular complexity index is 3570. The van der Waals surface area contributed by atoms with Gasteiger partial charge in [0.2, 0.25) is 11.9 Å². The maximum Gasteiger partial charge on any atom is 0.237 e. The van der Waals surface area contributed by atoms with Crippen LogP contribution in [-0.4, -0.2) is 29.1 Å². The van der Waals surface area contributed by atoms with Crippen molar-refractivity contribution in [2.45, 2.75) is 0 Å². The average molecular weight is 703 g/mol. The maximum absolute atomic E-state index is 6.46. The van der Waals surface area contributed by atoms with E-state index < -0.39 is 0 Å². The van der Waals surface area contributed by atoms with Crippen molar-refractivity contribution in [2.75, 3.05) is 0 Å². The summed E-state index contributed by atoms with van der Waals surface area (Å²) in [5.74, 6) is 1.15. The first-order valence-corrected chi connectivity index (χ1v) is 18.4. The number of rotatable bonds is 3. The third-order valence-electron chi connectivity index (χ3n) is 11.3. The lowest BCUT2D eigenvalue weighted by Gasteiger charge is -2.11. The van der Waals surface area contributed by atoms with Gasteiger partial charge in [0.15, 0.2) is 5.65 Å². The maximum atomic E-state index is 6.46. The summed E-state index contributed by atoms with van der Waals surface area (Å²) < 4.78 is 10.8. The minimum Gasteiger partial charge on any atom is -0.455 e. The second-order valence-electron chi connectivity index (χ2n) is 14.2. The van der Waals surface area contributed by atoms with Gasteiger partial charge in [-0.25, -0.2) is 9.97 Å². The highest BCUT2D eigenvalue weighted by Crippen LogP contribution is 2.46. The van der Waals surface area contributed by atoms with E-state index in [1.54, 1.807) is 0 Å². The van der Waals surface area contributed by atoms with Crippen molar-refractivity contribution in [3.63, 3.8) is 0 Å². The zero-order valence-electron chi connectivity index (χ0n) is 29.1. The van der Waals surface area contributed by atoms with Gasteiger partial charge in [0, 0.05) is 49.0 Å². The van der Waals surface area contributed by atoms with Crippen LogP contribution in [0.25, 0.3) is 122 Å². The third kappa shape index (κ3) is 3.83. The van der Waals surface area contributed by atoms with Gasteiger partial charge in [0.25, 0.3) is 0 Å². The molecule has 0 radical (unpaired) electrons. The van der Waals surface area contributed by atoms with Crippen LogP contribution >= 0.6 is 0 Å². The molecule has 0 spiro atoms. The number of furan rings is 1. The second-order valence-corrected chi connectivity index (χ2v) is 14.2. The zero-order valence-corrected chi connectivity index (χ0v) is 29.1. The highest BCUT2D eigenvalue weighted by atomic mass is 16.3. The summed E-state index contributed by atoms with van der Waals surface area (Å²) in [7, 11) is 0. The number of nitrogens with zero attached hydrogens (tertiary/aromatic N) is 6. The molecule has 55 heavy (non-hydrogen) atoms. The average Bonchev–Trinajstić information content (AvgIpc) is 3.98. The molecule has 0 saturated heterocycles. The topological polar surface area (TPSA) is 74.6 Å². The summed E-state index contributed by atoms with van der Waals surface area (Å²) in [6, 6.07) is 55.0. The SMILES string of the molecule is c1ccc2c(c1)-c1nc(-n3c4ccccc4c4ccccc43)nc3nc(-n4c5ccccc5c5cc(-c6cccc7c6oc6ccccc67)ccc54)nc-2c13. The minimum absolute atomic E-state index is 0.565. The smallest absolute Gasteiger partial charge is 0.237 e. The van der Waals surface area contributed by atoms with Crippen LogP contribution in [0.15, 0.2) is 162 Å². The minimum atomic E-state index is 0.565. The first-order valence-electron chi connectivity index (χ1n) is 18.4. The van der Waals surface area contributed by atoms with E-state index in [1.807, 2.05) is 12.1 Å². The van der Waals surface area contributed by atoms with Crippen molar-refractivity contribution in [1.29, 1.82) is 0 Å². The van der Waals surface area contributed by atoms with Crippen LogP contribution in [0.5, 0.6) is 0 Å². The van der Waals surface area contributed by atoms with Gasteiger partial charge in [-0.05, 0) is 42.0 Å². The molecule has 0 unspecified atom stereocenters. The van der Waals surface area contributed by atoms with Crippen LogP contribution in [0.2, 0.25) is 0 Å². The number of fused-ring (bicyclic) bond motifs is 12. The van der Waals surface area contributed by atoms with Crippen molar-refractivity contribution in [3.05, 3.63) is 158 Å². The molecule has 0 amide bonds. The van der Waals surface area contributed by atoms with E-state index in [0.717, 1.165) is 105 Å². The number of para-hydroxylation sites is 5. The first kappa shape index (κ1) is 28.9. The zero-order chi connectivity index (χ0) is 35.8. The highest BCUT2D eigenvalue weighted by Gasteiger charge is 2.29. The van der Waals surface area contributed by atoms with Crippen molar-refractivity contribution in [2.24, 2.45) is 0 Å². The normalized spacial score (nSPS) is 12.4. The molecule has 7 aromatic carbocycles. The van der Waals surface area contributed by atoms with E-state index in [4.69, 9.17) is 24.4 Å². The van der Waals surface area contributed by atoms with Gasteiger partial charge in [-0.3, -0.25) is 9.13 Å². The highest BCUT2D eigenvalue weighted by molar-refractivity contribution is 6.15. The van der Waals surface area contributed by atoms with E-state index in [9.17, 15) is 0 Å². The molecule has 7 heteroatoms. The summed E-state index contributed by atoms with van der Waals surface area (Å²) in [5.41, 5.74) is 12.4. The van der Waals surface area contributed by atoms with Crippen molar-refractivity contribution >= 4 is 76.6 Å². The van der Waals surface area contributed by atoms with Crippen molar-refractivity contribution < 1.29 is 4.42 Å². The van der Waals surface area contributed by atoms with Crippen LogP contribution in [0, 0.1) is 0 Å². The Balaban J connectivity index is 1.08. The monoisotopic (exact) mass is 702 g/mol. The molecular formula is C48H26N6O. The summed E-state index contributed by atoms with van der Waals surface area (Å²) in [4.78, 5) is 21.2. The molecule has 1 aliphatic carbocycles. The lowest BCUT2D eigenvalue weighted by atomic mass is 10.0. The molecule has 5 heterocycles. The van der Waals surface area contributed by atoms with Gasteiger partial charge in [-0.2, -0.15) is 9.97 Å². The Morgan fingerprint density at radius 1 is 0.382 bits per heavy atom. The Morgan fingerprint density at radius 2 is 0.873 bits per heavy atom. The van der Waals surface area contributed by atoms with Gasteiger partial charge in [0.1, 0.15) is 11.2 Å². The molecule has 254 valence electrons. The van der Waals surface area contributed by atoms with Crippen LogP contribution in [0.4, 0.5) is 0 Å². The molecule has 7 nitrogen and oxygen atoms in total. The summed E-state index contributed by atoms with van der Waals surface area (Å²) in [5, 5.41) is 7.64. The number of hydrogen-bond donors (Lipinski definition) is 0. The van der Waals surface area contributed by atoms with Gasteiger partial charge in [-0.15, -0.1) is 0 Å². The van der Waals surface area contributed by atoms with Crippen LogP contribution in [-0.2, 0) is 0 Å². The lowest BCUT2D eigenvalue weighted by molar-refractivity contribution is 0.670. The lowest BCUT2D eigenvalue weighted by Crippen LogP contribution is -2.06. The Hall–Kier alpha value is -7.64. The molecule has 13 rings (SSSR count). The van der Waals surface area contributed by atoms with Crippen LogP contribution in [0.1, 0.15) is 0 Å². The molecule has 5 aromatic heterocycles. The first-order chi connectivity index (χ1) is 27.3. The molecule has 0 N–H and O–H groups in total. The number of aromatic nitrogens is 6. The Labute approximate surface area is 312 Å². The molecule has 0 aliphatic heterocycles. The van der Waals surface area contributed by atoms with Crippen LogP contribution in [0.3, 0.4) is 0 Å². The number of hydrogen-bond acceptors (Lipinski definition) is 5. The fourth-order valence-corrected chi connectivity index (χ4v) is 8.97. The fraction of sp³-hybridized carbons (Fsp3) is 0. The van der Waals surface area contributed by atoms with E-state index in [0.29, 0.717) is 17.5 Å². The summed E-state index contributed by atoms with van der Waals surface area (Å²) >= 11 is 0. The third-order valence-corrected chi connectivity index (χ3v) is 11.3. The van der Waals surface area contributed by atoms with E-state index in [1.165, 1.54) is 0 Å². The Morgan fingerprint density at radius 3 is 1.51 bits per heavy atom. The molecule has 0 atom stereocenters. The number of benzene rings is 7. The second kappa shape index (κ2) is 10.5. The van der Waals surface area contributed by atoms with Crippen LogP contribution < -0.4 is 0 Å². The van der Waals surface area contributed by atoms with Gasteiger partial charge < -0.3 is 4.42 Å². The molecule has 0 bridgehead atoms. The van der Waals surface area contributed by atoms with Crippen molar-refractivity contribution in [3.8, 4) is 45.5 Å². The molecule has 1 aliphatic rings. The predicted octanol–water partition coefficient (Wildman–Crippen LogP) is 11.8. The van der Waals surface area contributed by atoms with Gasteiger partial charge in [-0.1, -0.05) is 121 Å². The van der Waals surface area contributed by atoms with E-state index >= 15 is 0 Å². The summed E-state index contributed by atoms with van der Waals surface area (Å²) in [6.07, 6.45) is 0. The molecule has 0 fully saturated rings.